The van der Waals surface area contributed by atoms with E-state index in [0.717, 1.165) is 12.3 Å². The van der Waals surface area contributed by atoms with Crippen molar-refractivity contribution in [3.8, 4) is 0 Å². The molecule has 15 heavy (non-hydrogen) atoms. The van der Waals surface area contributed by atoms with Gasteiger partial charge in [-0.1, -0.05) is 12.8 Å². The van der Waals surface area contributed by atoms with Gasteiger partial charge in [-0.05, 0) is 18.8 Å². The summed E-state index contributed by atoms with van der Waals surface area (Å²) in [5.41, 5.74) is 5.34. The number of carbonyl (C=O) groups excluding carboxylic acids is 1. The molecule has 0 bridgehead atoms. The number of nitrogens with two attached hydrogens (primary N) is 1. The monoisotopic (exact) mass is 212 g/mol. The van der Waals surface area contributed by atoms with Crippen LogP contribution in [0.4, 0.5) is 0 Å². The molecule has 2 atom stereocenters. The third-order valence-electron chi connectivity index (χ3n) is 3.55. The average molecular weight is 212 g/mol. The number of carbonyl (C=O) groups is 1. The summed E-state index contributed by atoms with van der Waals surface area (Å²) >= 11 is 0. The second-order valence-electron chi connectivity index (χ2n) is 4.84. The average Bonchev–Trinajstić information content (AvgIpc) is 3.04. The van der Waals surface area contributed by atoms with Gasteiger partial charge in [-0.3, -0.25) is 4.79 Å². The van der Waals surface area contributed by atoms with Gasteiger partial charge < -0.3 is 15.7 Å². The summed E-state index contributed by atoms with van der Waals surface area (Å²) < 4.78 is 0. The van der Waals surface area contributed by atoms with Crippen molar-refractivity contribution >= 4 is 5.91 Å². The van der Waals surface area contributed by atoms with Crippen LogP contribution in [0.3, 0.4) is 0 Å². The molecule has 3 N–H and O–H groups in total. The summed E-state index contributed by atoms with van der Waals surface area (Å²) in [5, 5.41) is 9.85. The lowest BCUT2D eigenvalue weighted by Crippen LogP contribution is -2.48. The zero-order chi connectivity index (χ0) is 10.8. The lowest BCUT2D eigenvalue weighted by atomic mass is 9.90. The van der Waals surface area contributed by atoms with Crippen LogP contribution in [-0.4, -0.2) is 41.7 Å². The van der Waals surface area contributed by atoms with Gasteiger partial charge in [0.25, 0.3) is 0 Å². The van der Waals surface area contributed by atoms with E-state index in [-0.39, 0.29) is 24.5 Å². The van der Waals surface area contributed by atoms with Crippen LogP contribution in [0.25, 0.3) is 0 Å². The first kappa shape index (κ1) is 10.9. The van der Waals surface area contributed by atoms with Crippen LogP contribution < -0.4 is 5.73 Å². The predicted molar refractivity (Wildman–Crippen MR) is 57.1 cm³/mol. The van der Waals surface area contributed by atoms with Crippen LogP contribution in [0.1, 0.15) is 25.7 Å². The molecule has 0 spiro atoms. The van der Waals surface area contributed by atoms with Crippen molar-refractivity contribution < 1.29 is 9.90 Å². The van der Waals surface area contributed by atoms with Gasteiger partial charge in [0.1, 0.15) is 0 Å². The molecule has 4 heteroatoms. The van der Waals surface area contributed by atoms with Gasteiger partial charge in [-0.15, -0.1) is 0 Å². The van der Waals surface area contributed by atoms with E-state index in [1.165, 1.54) is 12.8 Å². The van der Waals surface area contributed by atoms with Crippen molar-refractivity contribution in [3.05, 3.63) is 0 Å². The highest BCUT2D eigenvalue weighted by atomic mass is 16.3. The van der Waals surface area contributed by atoms with Gasteiger partial charge in [-0.2, -0.15) is 0 Å². The van der Waals surface area contributed by atoms with Crippen LogP contribution in [0, 0.1) is 11.8 Å². The molecule has 0 unspecified atom stereocenters. The quantitative estimate of drug-likeness (QED) is 0.689. The molecule has 2 rings (SSSR count). The zero-order valence-corrected chi connectivity index (χ0v) is 9.06. The van der Waals surface area contributed by atoms with Crippen LogP contribution in [-0.2, 0) is 4.79 Å². The number of hydrogen-bond donors (Lipinski definition) is 2. The molecule has 1 aliphatic carbocycles. The first-order chi connectivity index (χ1) is 7.20. The SMILES string of the molecule is NCC(=O)N1CC[C@H](O)[C@@H](CC2CC2)C1. The Morgan fingerprint density at radius 3 is 2.73 bits per heavy atom. The fourth-order valence-electron chi connectivity index (χ4n) is 2.39. The molecule has 1 saturated heterocycles. The van der Waals surface area contributed by atoms with Crippen molar-refractivity contribution in [2.75, 3.05) is 19.6 Å². The van der Waals surface area contributed by atoms with Gasteiger partial charge in [0, 0.05) is 19.0 Å². The van der Waals surface area contributed by atoms with Crippen LogP contribution >= 0.6 is 0 Å². The summed E-state index contributed by atoms with van der Waals surface area (Å²) in [6, 6.07) is 0. The number of hydrogen-bond acceptors (Lipinski definition) is 3. The maximum absolute atomic E-state index is 11.4. The van der Waals surface area contributed by atoms with Crippen LogP contribution in [0.5, 0.6) is 0 Å². The van der Waals surface area contributed by atoms with Crippen molar-refractivity contribution in [2.45, 2.75) is 31.8 Å². The molecular formula is C11H20N2O2. The molecule has 86 valence electrons. The Hall–Kier alpha value is -0.610. The van der Waals surface area contributed by atoms with Crippen molar-refractivity contribution in [3.63, 3.8) is 0 Å². The molecule has 1 heterocycles. The minimum Gasteiger partial charge on any atom is -0.393 e. The number of piperidine rings is 1. The van der Waals surface area contributed by atoms with Gasteiger partial charge in [0.2, 0.25) is 5.91 Å². The highest BCUT2D eigenvalue weighted by molar-refractivity contribution is 5.78. The number of aliphatic hydroxyl groups is 1. The largest absolute Gasteiger partial charge is 0.393 e. The van der Waals surface area contributed by atoms with Gasteiger partial charge in [0.05, 0.1) is 12.6 Å². The van der Waals surface area contributed by atoms with E-state index >= 15 is 0 Å². The van der Waals surface area contributed by atoms with Crippen molar-refractivity contribution in [1.29, 1.82) is 0 Å². The minimum absolute atomic E-state index is 0.0164. The Kier molecular flexibility index (Phi) is 3.26. The smallest absolute Gasteiger partial charge is 0.236 e. The van der Waals surface area contributed by atoms with E-state index in [0.29, 0.717) is 19.5 Å². The second-order valence-corrected chi connectivity index (χ2v) is 4.84. The van der Waals surface area contributed by atoms with E-state index in [2.05, 4.69) is 0 Å². The zero-order valence-electron chi connectivity index (χ0n) is 9.06. The lowest BCUT2D eigenvalue weighted by molar-refractivity contribution is -0.133. The van der Waals surface area contributed by atoms with Crippen molar-refractivity contribution in [1.82, 2.24) is 4.90 Å². The third-order valence-corrected chi connectivity index (χ3v) is 3.55. The van der Waals surface area contributed by atoms with E-state index in [1.54, 1.807) is 4.90 Å². The minimum atomic E-state index is -0.215. The second kappa shape index (κ2) is 4.49. The number of nitrogens with zero attached hydrogens (tertiary/aromatic N) is 1. The first-order valence-corrected chi connectivity index (χ1v) is 5.86. The summed E-state index contributed by atoms with van der Waals surface area (Å²) in [7, 11) is 0. The molecule has 0 radical (unpaired) electrons. The third kappa shape index (κ3) is 2.69. The Balaban J connectivity index is 1.87. The summed E-state index contributed by atoms with van der Waals surface area (Å²) in [6.45, 7) is 1.46. The molecule has 0 aromatic rings. The molecule has 0 aromatic heterocycles. The van der Waals surface area contributed by atoms with E-state index in [4.69, 9.17) is 5.73 Å². The highest BCUT2D eigenvalue weighted by Gasteiger charge is 2.34. The molecule has 1 aliphatic heterocycles. The number of aliphatic hydroxyl groups excluding tert-OH is 1. The van der Waals surface area contributed by atoms with Gasteiger partial charge >= 0.3 is 0 Å². The molecule has 1 amide bonds. The normalized spacial score (nSPS) is 31.7. The van der Waals surface area contributed by atoms with Gasteiger partial charge in [0.15, 0.2) is 0 Å². The summed E-state index contributed by atoms with van der Waals surface area (Å²) in [4.78, 5) is 13.2. The number of amides is 1. The Bertz CT molecular complexity index is 241. The summed E-state index contributed by atoms with van der Waals surface area (Å²) in [5.74, 6) is 1.10. The van der Waals surface area contributed by atoms with E-state index < -0.39 is 0 Å². The molecule has 2 fully saturated rings. The van der Waals surface area contributed by atoms with Crippen molar-refractivity contribution in [2.24, 2.45) is 17.6 Å². The fraction of sp³-hybridized carbons (Fsp3) is 0.909. The molecule has 4 nitrogen and oxygen atoms in total. The Morgan fingerprint density at radius 1 is 1.40 bits per heavy atom. The molecule has 1 saturated carbocycles. The first-order valence-electron chi connectivity index (χ1n) is 5.86. The Morgan fingerprint density at radius 2 is 2.13 bits per heavy atom. The van der Waals surface area contributed by atoms with E-state index in [1.807, 2.05) is 0 Å². The predicted octanol–water partition coefficient (Wildman–Crippen LogP) is -0.0454. The summed E-state index contributed by atoms with van der Waals surface area (Å²) in [6.07, 6.45) is 4.17. The molecule has 2 aliphatic rings. The molecule has 0 aromatic carbocycles. The maximum Gasteiger partial charge on any atom is 0.236 e. The number of likely N-dealkylation sites (tertiary alicyclic amines) is 1. The lowest BCUT2D eigenvalue weighted by Gasteiger charge is -2.36. The van der Waals surface area contributed by atoms with E-state index in [9.17, 15) is 9.90 Å². The van der Waals surface area contributed by atoms with Crippen LogP contribution in [0.2, 0.25) is 0 Å². The van der Waals surface area contributed by atoms with Crippen LogP contribution in [0.15, 0.2) is 0 Å². The van der Waals surface area contributed by atoms with Gasteiger partial charge in [-0.25, -0.2) is 0 Å². The number of rotatable bonds is 3. The highest BCUT2D eigenvalue weighted by Crippen LogP contribution is 2.37. The fourth-order valence-corrected chi connectivity index (χ4v) is 2.39. The maximum atomic E-state index is 11.4. The Labute approximate surface area is 90.4 Å². The topological polar surface area (TPSA) is 66.6 Å². The standard InChI is InChI=1S/C11H20N2O2/c12-6-11(15)13-4-3-10(14)9(7-13)5-8-1-2-8/h8-10,14H,1-7,12H2/t9-,10-/m0/s1. The molecular weight excluding hydrogens is 192 g/mol.